The number of aryl methyl sites for hydroxylation is 2. The zero-order chi connectivity index (χ0) is 24.6. The lowest BCUT2D eigenvalue weighted by molar-refractivity contribution is 0.273. The van der Waals surface area contributed by atoms with E-state index in [2.05, 4.69) is 53.7 Å². The summed E-state index contributed by atoms with van der Waals surface area (Å²) in [6, 6.07) is 38.8. The number of nitrogens with zero attached hydrogens (tertiary/aromatic N) is 1. The summed E-state index contributed by atoms with van der Waals surface area (Å²) in [5, 5.41) is 14.9. The summed E-state index contributed by atoms with van der Waals surface area (Å²) in [4.78, 5) is 0. The molecule has 0 spiro atoms. The standard InChI is InChI=1S/C32H29NO3/c34-32-31(30(26-16-6-2-7-17-26)27-18-8-3-9-19-27)29(33-36-32)21-11-15-24-14-10-20-28(22-24)35-23-25-12-4-1-5-13-25/h1-10,12-14,16-20,22,30,34H,11,15,21,23H2. The minimum atomic E-state index is -0.150. The fraction of sp³-hybridized carbons (Fsp3) is 0.156. The second kappa shape index (κ2) is 11.4. The van der Waals surface area contributed by atoms with Gasteiger partial charge in [-0.1, -0.05) is 108 Å². The molecular formula is C32H29NO3. The van der Waals surface area contributed by atoms with Gasteiger partial charge in [-0.15, -0.1) is 0 Å². The first kappa shape index (κ1) is 23.4. The highest BCUT2D eigenvalue weighted by molar-refractivity contribution is 5.47. The van der Waals surface area contributed by atoms with E-state index >= 15 is 0 Å². The van der Waals surface area contributed by atoms with Crippen LogP contribution in [0.3, 0.4) is 0 Å². The molecule has 0 aliphatic rings. The molecule has 0 aliphatic carbocycles. The number of aromatic nitrogens is 1. The van der Waals surface area contributed by atoms with Gasteiger partial charge in [0.05, 0.1) is 11.3 Å². The average molecular weight is 476 g/mol. The maximum Gasteiger partial charge on any atom is 0.313 e. The third kappa shape index (κ3) is 5.66. The van der Waals surface area contributed by atoms with Gasteiger partial charge in [-0.3, -0.25) is 0 Å². The van der Waals surface area contributed by atoms with Crippen molar-refractivity contribution in [3.05, 3.63) is 149 Å². The lowest BCUT2D eigenvalue weighted by Crippen LogP contribution is -2.06. The van der Waals surface area contributed by atoms with E-state index in [1.54, 1.807) is 0 Å². The maximum absolute atomic E-state index is 10.7. The zero-order valence-corrected chi connectivity index (χ0v) is 20.1. The van der Waals surface area contributed by atoms with Gasteiger partial charge in [0.15, 0.2) is 0 Å². The topological polar surface area (TPSA) is 55.5 Å². The van der Waals surface area contributed by atoms with Crippen LogP contribution < -0.4 is 4.74 Å². The summed E-state index contributed by atoms with van der Waals surface area (Å²) in [6.07, 6.45) is 2.44. The minimum absolute atomic E-state index is 0.112. The van der Waals surface area contributed by atoms with Gasteiger partial charge in [0.25, 0.3) is 0 Å². The summed E-state index contributed by atoms with van der Waals surface area (Å²) in [5.74, 6) is 0.603. The quantitative estimate of drug-likeness (QED) is 0.230. The monoisotopic (exact) mass is 475 g/mol. The van der Waals surface area contributed by atoms with E-state index in [-0.39, 0.29) is 11.9 Å². The lowest BCUT2D eigenvalue weighted by atomic mass is 9.84. The normalized spacial score (nSPS) is 11.0. The first-order valence-electron chi connectivity index (χ1n) is 12.3. The van der Waals surface area contributed by atoms with E-state index in [9.17, 15) is 5.11 Å². The Hall–Kier alpha value is -4.31. The molecule has 0 bridgehead atoms. The lowest BCUT2D eigenvalue weighted by Gasteiger charge is -2.18. The number of rotatable bonds is 10. The van der Waals surface area contributed by atoms with Crippen LogP contribution in [-0.4, -0.2) is 10.3 Å². The van der Waals surface area contributed by atoms with Crippen LogP contribution in [0.1, 0.15) is 45.8 Å². The molecule has 4 nitrogen and oxygen atoms in total. The van der Waals surface area contributed by atoms with Crippen molar-refractivity contribution in [2.24, 2.45) is 0 Å². The van der Waals surface area contributed by atoms with Crippen molar-refractivity contribution < 1.29 is 14.4 Å². The van der Waals surface area contributed by atoms with E-state index in [0.29, 0.717) is 13.0 Å². The van der Waals surface area contributed by atoms with Gasteiger partial charge in [-0.2, -0.15) is 0 Å². The molecule has 0 radical (unpaired) electrons. The molecular weight excluding hydrogens is 446 g/mol. The number of benzene rings is 4. The van der Waals surface area contributed by atoms with E-state index in [4.69, 9.17) is 9.26 Å². The van der Waals surface area contributed by atoms with Crippen molar-refractivity contribution in [3.63, 3.8) is 0 Å². The molecule has 4 aromatic carbocycles. The molecule has 0 atom stereocenters. The Balaban J connectivity index is 1.29. The first-order valence-corrected chi connectivity index (χ1v) is 12.3. The zero-order valence-electron chi connectivity index (χ0n) is 20.1. The van der Waals surface area contributed by atoms with Crippen LogP contribution in [0.2, 0.25) is 0 Å². The van der Waals surface area contributed by atoms with Crippen LogP contribution in [0.5, 0.6) is 11.7 Å². The Morgan fingerprint density at radius 2 is 1.31 bits per heavy atom. The Morgan fingerprint density at radius 1 is 0.694 bits per heavy atom. The van der Waals surface area contributed by atoms with Gasteiger partial charge in [-0.05, 0) is 53.6 Å². The average Bonchev–Trinajstić information content (AvgIpc) is 3.29. The second-order valence-corrected chi connectivity index (χ2v) is 8.88. The number of hydrogen-bond acceptors (Lipinski definition) is 4. The van der Waals surface area contributed by atoms with E-state index in [1.165, 1.54) is 5.56 Å². The molecule has 0 aliphatic heterocycles. The summed E-state index contributed by atoms with van der Waals surface area (Å²) in [5.41, 5.74) is 6.07. The van der Waals surface area contributed by atoms with Gasteiger partial charge in [0, 0.05) is 5.92 Å². The van der Waals surface area contributed by atoms with E-state index < -0.39 is 0 Å². The van der Waals surface area contributed by atoms with Gasteiger partial charge < -0.3 is 14.4 Å². The minimum Gasteiger partial charge on any atom is -0.489 e. The predicted octanol–water partition coefficient (Wildman–Crippen LogP) is 7.31. The SMILES string of the molecule is Oc1onc(CCCc2cccc(OCc3ccccc3)c2)c1C(c1ccccc1)c1ccccc1. The Morgan fingerprint density at radius 3 is 1.97 bits per heavy atom. The molecule has 1 N–H and O–H groups in total. The molecule has 5 rings (SSSR count). The Bertz CT molecular complexity index is 1330. The molecule has 5 aromatic rings. The maximum atomic E-state index is 10.7. The molecule has 36 heavy (non-hydrogen) atoms. The fourth-order valence-electron chi connectivity index (χ4n) is 4.60. The van der Waals surface area contributed by atoms with Crippen molar-refractivity contribution in [2.75, 3.05) is 0 Å². The third-order valence-electron chi connectivity index (χ3n) is 6.36. The van der Waals surface area contributed by atoms with E-state index in [1.807, 2.05) is 66.7 Å². The largest absolute Gasteiger partial charge is 0.489 e. The van der Waals surface area contributed by atoms with Crippen molar-refractivity contribution >= 4 is 0 Å². The van der Waals surface area contributed by atoms with Gasteiger partial charge in [-0.25, -0.2) is 0 Å². The van der Waals surface area contributed by atoms with Crippen LogP contribution in [0.4, 0.5) is 0 Å². The summed E-state index contributed by atoms with van der Waals surface area (Å²) < 4.78 is 11.3. The van der Waals surface area contributed by atoms with Crippen LogP contribution in [0, 0.1) is 0 Å². The molecule has 180 valence electrons. The van der Waals surface area contributed by atoms with E-state index in [0.717, 1.165) is 46.5 Å². The summed E-state index contributed by atoms with van der Waals surface area (Å²) >= 11 is 0. The first-order chi connectivity index (χ1) is 17.8. The van der Waals surface area contributed by atoms with Crippen LogP contribution in [0.15, 0.2) is 120 Å². The Kier molecular flexibility index (Phi) is 7.43. The molecule has 1 aromatic heterocycles. The van der Waals surface area contributed by atoms with Crippen LogP contribution in [-0.2, 0) is 19.4 Å². The highest BCUT2D eigenvalue weighted by atomic mass is 16.5. The second-order valence-electron chi connectivity index (χ2n) is 8.88. The van der Waals surface area contributed by atoms with Gasteiger partial charge in [0.1, 0.15) is 12.4 Å². The van der Waals surface area contributed by atoms with Crippen molar-refractivity contribution in [2.45, 2.75) is 31.8 Å². The molecule has 1 heterocycles. The van der Waals surface area contributed by atoms with Crippen molar-refractivity contribution in [1.82, 2.24) is 5.16 Å². The number of hydrogen-bond donors (Lipinski definition) is 1. The van der Waals surface area contributed by atoms with Crippen LogP contribution in [0.25, 0.3) is 0 Å². The summed E-state index contributed by atoms with van der Waals surface area (Å²) in [7, 11) is 0. The van der Waals surface area contributed by atoms with Crippen molar-refractivity contribution in [3.8, 4) is 11.7 Å². The third-order valence-corrected chi connectivity index (χ3v) is 6.36. The molecule has 0 unspecified atom stereocenters. The molecule has 0 amide bonds. The Labute approximate surface area is 211 Å². The molecule has 0 saturated carbocycles. The predicted molar refractivity (Wildman–Crippen MR) is 141 cm³/mol. The molecule has 4 heteroatoms. The molecule has 0 saturated heterocycles. The summed E-state index contributed by atoms with van der Waals surface area (Å²) in [6.45, 7) is 0.548. The van der Waals surface area contributed by atoms with Crippen molar-refractivity contribution in [1.29, 1.82) is 0 Å². The molecule has 0 fully saturated rings. The highest BCUT2D eigenvalue weighted by Crippen LogP contribution is 2.39. The highest BCUT2D eigenvalue weighted by Gasteiger charge is 2.27. The van der Waals surface area contributed by atoms with Gasteiger partial charge in [0.2, 0.25) is 0 Å². The number of ether oxygens (including phenoxy) is 1. The number of aromatic hydroxyl groups is 1. The van der Waals surface area contributed by atoms with Crippen LogP contribution >= 0.6 is 0 Å². The fourth-order valence-corrected chi connectivity index (χ4v) is 4.60. The van der Waals surface area contributed by atoms with Gasteiger partial charge >= 0.3 is 5.95 Å². The smallest absolute Gasteiger partial charge is 0.313 e.